The monoisotopic (exact) mass is 269 g/mol. The molecule has 0 bridgehead atoms. The number of carbonyl (C=O) groups excluding carboxylic acids is 2. The summed E-state index contributed by atoms with van der Waals surface area (Å²) >= 11 is 0. The van der Waals surface area contributed by atoms with Crippen molar-refractivity contribution in [2.45, 2.75) is 80.3 Å². The summed E-state index contributed by atoms with van der Waals surface area (Å²) in [4.78, 5) is 24.4. The summed E-state index contributed by atoms with van der Waals surface area (Å²) in [7, 11) is 0. The first-order valence-corrected chi connectivity index (χ1v) is 7.19. The van der Waals surface area contributed by atoms with Crippen LogP contribution in [-0.4, -0.2) is 23.7 Å². The summed E-state index contributed by atoms with van der Waals surface area (Å²) in [5.74, 6) is 0.396. The summed E-state index contributed by atoms with van der Waals surface area (Å²) in [6.45, 7) is 15.6. The van der Waals surface area contributed by atoms with Crippen LogP contribution < -0.4 is 5.32 Å². The summed E-state index contributed by atoms with van der Waals surface area (Å²) in [6, 6.07) is 0.00680. The molecule has 0 aromatic heterocycles. The molecule has 0 aliphatic rings. The Morgan fingerprint density at radius 2 is 1.42 bits per heavy atom. The Hall–Kier alpha value is -0.700. The number of Topliss-reactive ketones (excluding diaryl/α,β-unsaturated/α-hetero) is 2. The number of nitrogens with one attached hydrogen (secondary N) is 1. The van der Waals surface area contributed by atoms with Crippen molar-refractivity contribution < 1.29 is 9.59 Å². The fourth-order valence-electron chi connectivity index (χ4n) is 1.87. The molecule has 1 unspecified atom stereocenters. The molecule has 0 heterocycles. The Bertz CT molecular complexity index is 319. The van der Waals surface area contributed by atoms with E-state index in [1.807, 2.05) is 55.4 Å². The predicted molar refractivity (Wildman–Crippen MR) is 80.2 cm³/mol. The van der Waals surface area contributed by atoms with Gasteiger partial charge in [0.25, 0.3) is 0 Å². The molecule has 0 aliphatic heterocycles. The van der Waals surface area contributed by atoms with Crippen LogP contribution in [0.25, 0.3) is 0 Å². The molecule has 0 aromatic rings. The topological polar surface area (TPSA) is 46.2 Å². The molecular formula is C16H31NO2. The molecule has 0 spiro atoms. The molecule has 0 amide bonds. The third-order valence-electron chi connectivity index (χ3n) is 3.09. The van der Waals surface area contributed by atoms with Gasteiger partial charge in [-0.2, -0.15) is 0 Å². The minimum absolute atomic E-state index is 0.183. The summed E-state index contributed by atoms with van der Waals surface area (Å²) < 4.78 is 0. The van der Waals surface area contributed by atoms with E-state index in [1.165, 1.54) is 0 Å². The predicted octanol–water partition coefficient (Wildman–Crippen LogP) is 3.36. The van der Waals surface area contributed by atoms with E-state index in [9.17, 15) is 9.59 Å². The molecule has 0 aliphatic carbocycles. The van der Waals surface area contributed by atoms with Crippen LogP contribution in [-0.2, 0) is 9.59 Å². The van der Waals surface area contributed by atoms with Gasteiger partial charge < -0.3 is 5.32 Å². The second-order valence-corrected chi connectivity index (χ2v) is 7.70. The van der Waals surface area contributed by atoms with Gasteiger partial charge in [0.2, 0.25) is 0 Å². The minimum Gasteiger partial charge on any atom is -0.305 e. The van der Waals surface area contributed by atoms with Gasteiger partial charge in [0.1, 0.15) is 5.78 Å². The highest BCUT2D eigenvalue weighted by atomic mass is 16.1. The van der Waals surface area contributed by atoms with Crippen LogP contribution in [0.4, 0.5) is 0 Å². The normalized spacial score (nSPS) is 14.6. The lowest BCUT2D eigenvalue weighted by Crippen LogP contribution is -2.46. The van der Waals surface area contributed by atoms with Crippen molar-refractivity contribution >= 4 is 11.6 Å². The summed E-state index contributed by atoms with van der Waals surface area (Å²) in [5, 5.41) is 3.29. The Kier molecular flexibility index (Phi) is 6.40. The average Bonchev–Trinajstić information content (AvgIpc) is 2.19. The van der Waals surface area contributed by atoms with E-state index in [0.717, 1.165) is 0 Å². The van der Waals surface area contributed by atoms with Crippen molar-refractivity contribution in [2.75, 3.05) is 0 Å². The average molecular weight is 269 g/mol. The molecule has 112 valence electrons. The van der Waals surface area contributed by atoms with E-state index in [2.05, 4.69) is 5.32 Å². The number of carbonyl (C=O) groups is 2. The van der Waals surface area contributed by atoms with Crippen molar-refractivity contribution in [2.24, 2.45) is 10.8 Å². The molecule has 19 heavy (non-hydrogen) atoms. The second kappa shape index (κ2) is 6.65. The Morgan fingerprint density at radius 1 is 0.947 bits per heavy atom. The zero-order chi connectivity index (χ0) is 15.4. The van der Waals surface area contributed by atoms with Crippen LogP contribution in [0.5, 0.6) is 0 Å². The second-order valence-electron chi connectivity index (χ2n) is 7.70. The maximum Gasteiger partial charge on any atom is 0.155 e. The summed E-state index contributed by atoms with van der Waals surface area (Å²) in [5.41, 5.74) is -0.704. The van der Waals surface area contributed by atoms with Gasteiger partial charge in [-0.3, -0.25) is 9.59 Å². The molecule has 3 nitrogen and oxygen atoms in total. The van der Waals surface area contributed by atoms with Crippen molar-refractivity contribution in [1.29, 1.82) is 0 Å². The van der Waals surface area contributed by atoms with Crippen LogP contribution in [0.1, 0.15) is 68.2 Å². The fraction of sp³-hybridized carbons (Fsp3) is 0.875. The van der Waals surface area contributed by atoms with Gasteiger partial charge in [0, 0.05) is 23.3 Å². The Balaban J connectivity index is 4.72. The van der Waals surface area contributed by atoms with Crippen LogP contribution in [0.2, 0.25) is 0 Å². The fourth-order valence-corrected chi connectivity index (χ4v) is 1.87. The van der Waals surface area contributed by atoms with E-state index < -0.39 is 0 Å². The maximum atomic E-state index is 12.4. The molecule has 3 heteroatoms. The van der Waals surface area contributed by atoms with Gasteiger partial charge in [-0.05, 0) is 6.42 Å². The highest BCUT2D eigenvalue weighted by Gasteiger charge is 2.31. The zero-order valence-corrected chi connectivity index (χ0v) is 13.9. The third kappa shape index (κ3) is 6.86. The molecule has 0 aromatic carbocycles. The third-order valence-corrected chi connectivity index (χ3v) is 3.09. The first kappa shape index (κ1) is 18.3. The van der Waals surface area contributed by atoms with Crippen LogP contribution in [0.15, 0.2) is 0 Å². The lowest BCUT2D eigenvalue weighted by molar-refractivity contribution is -0.129. The van der Waals surface area contributed by atoms with Crippen LogP contribution >= 0.6 is 0 Å². The van der Waals surface area contributed by atoms with Crippen LogP contribution in [0, 0.1) is 10.8 Å². The SMILES string of the molecule is CC(C)NC(CCC(=O)C(C)(C)C)C(=O)C(C)(C)C. The lowest BCUT2D eigenvalue weighted by atomic mass is 9.82. The molecular weight excluding hydrogens is 238 g/mol. The van der Waals surface area contributed by atoms with Gasteiger partial charge in [-0.1, -0.05) is 55.4 Å². The Morgan fingerprint density at radius 3 is 1.74 bits per heavy atom. The first-order valence-electron chi connectivity index (χ1n) is 7.19. The van der Waals surface area contributed by atoms with Crippen molar-refractivity contribution in [3.05, 3.63) is 0 Å². The van der Waals surface area contributed by atoms with Crippen molar-refractivity contribution in [3.8, 4) is 0 Å². The zero-order valence-electron chi connectivity index (χ0n) is 13.9. The quantitative estimate of drug-likeness (QED) is 0.804. The Labute approximate surface area is 118 Å². The van der Waals surface area contributed by atoms with Gasteiger partial charge in [0.15, 0.2) is 5.78 Å². The summed E-state index contributed by atoms with van der Waals surface area (Å²) in [6.07, 6.45) is 1.04. The molecule has 1 N–H and O–H groups in total. The van der Waals surface area contributed by atoms with E-state index in [1.54, 1.807) is 0 Å². The largest absolute Gasteiger partial charge is 0.305 e. The van der Waals surface area contributed by atoms with Crippen LogP contribution in [0.3, 0.4) is 0 Å². The number of rotatable bonds is 6. The van der Waals surface area contributed by atoms with E-state index in [4.69, 9.17) is 0 Å². The number of ketones is 2. The van der Waals surface area contributed by atoms with Crippen molar-refractivity contribution in [3.63, 3.8) is 0 Å². The molecule has 1 atom stereocenters. The number of hydrogen-bond donors (Lipinski definition) is 1. The molecule has 0 saturated carbocycles. The highest BCUT2D eigenvalue weighted by Crippen LogP contribution is 2.22. The van der Waals surface area contributed by atoms with Gasteiger partial charge in [-0.25, -0.2) is 0 Å². The molecule has 0 saturated heterocycles. The number of hydrogen-bond acceptors (Lipinski definition) is 3. The smallest absolute Gasteiger partial charge is 0.155 e. The molecule has 0 rings (SSSR count). The van der Waals surface area contributed by atoms with Gasteiger partial charge in [-0.15, -0.1) is 0 Å². The molecule has 0 fully saturated rings. The standard InChI is InChI=1S/C16H31NO2/c1-11(2)17-12(14(19)16(6,7)8)9-10-13(18)15(3,4)5/h11-12,17H,9-10H2,1-8H3. The highest BCUT2D eigenvalue weighted by molar-refractivity contribution is 5.90. The van der Waals surface area contributed by atoms with E-state index >= 15 is 0 Å². The maximum absolute atomic E-state index is 12.4. The van der Waals surface area contributed by atoms with Gasteiger partial charge >= 0.3 is 0 Å². The molecule has 0 radical (unpaired) electrons. The minimum atomic E-state index is -0.378. The van der Waals surface area contributed by atoms with Crippen molar-refractivity contribution in [1.82, 2.24) is 5.32 Å². The lowest BCUT2D eigenvalue weighted by Gasteiger charge is -2.28. The van der Waals surface area contributed by atoms with E-state index in [-0.39, 0.29) is 34.5 Å². The first-order chi connectivity index (χ1) is 8.35. The van der Waals surface area contributed by atoms with E-state index in [0.29, 0.717) is 12.8 Å². The van der Waals surface area contributed by atoms with Gasteiger partial charge in [0.05, 0.1) is 6.04 Å².